The average Bonchev–Trinajstić information content (AvgIpc) is 2.69. The van der Waals surface area contributed by atoms with E-state index in [1.54, 1.807) is 0 Å². The van der Waals surface area contributed by atoms with E-state index in [9.17, 15) is 4.79 Å². The van der Waals surface area contributed by atoms with Gasteiger partial charge in [-0.1, -0.05) is 37.3 Å². The number of carbonyl (C=O) groups excluding carboxylic acids is 1. The third kappa shape index (κ3) is 4.84. The van der Waals surface area contributed by atoms with E-state index in [-0.39, 0.29) is 6.04 Å². The Morgan fingerprint density at radius 2 is 1.73 bits per heavy atom. The molecule has 1 unspecified atom stereocenters. The molecule has 1 amide bonds. The van der Waals surface area contributed by atoms with Crippen LogP contribution in [-0.4, -0.2) is 80.0 Å². The van der Waals surface area contributed by atoms with E-state index in [0.29, 0.717) is 11.8 Å². The smallest absolute Gasteiger partial charge is 0.244 e. The predicted molar refractivity (Wildman–Crippen MR) is 106 cm³/mol. The van der Waals surface area contributed by atoms with E-state index >= 15 is 0 Å². The zero-order chi connectivity index (χ0) is 18.4. The lowest BCUT2D eigenvalue weighted by atomic mass is 9.95. The van der Waals surface area contributed by atoms with Gasteiger partial charge in [-0.2, -0.15) is 0 Å². The molecule has 3 rings (SSSR count). The molecule has 0 aromatic heterocycles. The first-order chi connectivity index (χ1) is 12.7. The standard InChI is InChI=1S/C21H34N4O/c1-3-22-17-18-9-11-25(12-10-18)21(26)20(19-7-5-4-6-8-19)24-15-13-23(2)14-16-24/h4-8,18,20,22H,3,9-17H2,1-2H3. The number of rotatable bonds is 6. The lowest BCUT2D eigenvalue weighted by molar-refractivity contribution is -0.139. The van der Waals surface area contributed by atoms with Crippen molar-refractivity contribution in [1.82, 2.24) is 20.0 Å². The number of nitrogens with one attached hydrogen (secondary N) is 1. The Labute approximate surface area is 158 Å². The molecule has 26 heavy (non-hydrogen) atoms. The molecule has 144 valence electrons. The summed E-state index contributed by atoms with van der Waals surface area (Å²) >= 11 is 0. The molecule has 1 aromatic carbocycles. The predicted octanol–water partition coefficient (Wildman–Crippen LogP) is 1.82. The molecule has 5 nitrogen and oxygen atoms in total. The van der Waals surface area contributed by atoms with Gasteiger partial charge in [-0.15, -0.1) is 0 Å². The summed E-state index contributed by atoms with van der Waals surface area (Å²) < 4.78 is 0. The number of carbonyl (C=O) groups is 1. The largest absolute Gasteiger partial charge is 0.341 e. The first-order valence-corrected chi connectivity index (χ1v) is 10.2. The number of likely N-dealkylation sites (N-methyl/N-ethyl adjacent to an activating group) is 1. The molecule has 5 heteroatoms. The van der Waals surface area contributed by atoms with Crippen molar-refractivity contribution < 1.29 is 4.79 Å². The molecule has 1 N–H and O–H groups in total. The monoisotopic (exact) mass is 358 g/mol. The second kappa shape index (κ2) is 9.49. The highest BCUT2D eigenvalue weighted by Gasteiger charge is 2.34. The maximum absolute atomic E-state index is 13.5. The number of amides is 1. The van der Waals surface area contributed by atoms with Crippen molar-refractivity contribution in [1.29, 1.82) is 0 Å². The van der Waals surface area contributed by atoms with Crippen molar-refractivity contribution in [3.63, 3.8) is 0 Å². The zero-order valence-corrected chi connectivity index (χ0v) is 16.4. The van der Waals surface area contributed by atoms with E-state index < -0.39 is 0 Å². The van der Waals surface area contributed by atoms with Gasteiger partial charge in [0.05, 0.1) is 0 Å². The second-order valence-electron chi connectivity index (χ2n) is 7.73. The van der Waals surface area contributed by atoms with Crippen molar-refractivity contribution in [3.05, 3.63) is 35.9 Å². The number of hydrogen-bond acceptors (Lipinski definition) is 4. The fourth-order valence-electron chi connectivity index (χ4n) is 4.10. The number of piperidine rings is 1. The van der Waals surface area contributed by atoms with E-state index in [1.165, 1.54) is 0 Å². The summed E-state index contributed by atoms with van der Waals surface area (Å²) in [6.45, 7) is 10.0. The molecular formula is C21H34N4O. The van der Waals surface area contributed by atoms with Crippen LogP contribution in [0.3, 0.4) is 0 Å². The highest BCUT2D eigenvalue weighted by Crippen LogP contribution is 2.27. The van der Waals surface area contributed by atoms with E-state index in [0.717, 1.165) is 70.8 Å². The third-order valence-corrected chi connectivity index (χ3v) is 5.86. The van der Waals surface area contributed by atoms with Gasteiger partial charge in [0, 0.05) is 39.3 Å². The molecule has 1 aromatic rings. The maximum Gasteiger partial charge on any atom is 0.244 e. The number of hydrogen-bond donors (Lipinski definition) is 1. The SMILES string of the molecule is CCNCC1CCN(C(=O)C(c2ccccc2)N2CCN(C)CC2)CC1. The van der Waals surface area contributed by atoms with Gasteiger partial charge >= 0.3 is 0 Å². The zero-order valence-electron chi connectivity index (χ0n) is 16.4. The van der Waals surface area contributed by atoms with E-state index in [2.05, 4.69) is 46.1 Å². The van der Waals surface area contributed by atoms with Crippen LogP contribution in [0.1, 0.15) is 31.4 Å². The van der Waals surface area contributed by atoms with Gasteiger partial charge in [-0.25, -0.2) is 0 Å². The average molecular weight is 359 g/mol. The minimum Gasteiger partial charge on any atom is -0.341 e. The summed E-state index contributed by atoms with van der Waals surface area (Å²) in [5, 5.41) is 3.45. The number of nitrogens with zero attached hydrogens (tertiary/aromatic N) is 3. The molecule has 1 atom stereocenters. The molecular weight excluding hydrogens is 324 g/mol. The highest BCUT2D eigenvalue weighted by molar-refractivity contribution is 5.83. The van der Waals surface area contributed by atoms with Gasteiger partial charge in [0.25, 0.3) is 0 Å². The van der Waals surface area contributed by atoms with Gasteiger partial charge in [-0.3, -0.25) is 9.69 Å². The molecule has 0 saturated carbocycles. The molecule has 0 radical (unpaired) electrons. The van der Waals surface area contributed by atoms with Crippen LogP contribution in [0.25, 0.3) is 0 Å². The first kappa shape index (κ1) is 19.3. The van der Waals surface area contributed by atoms with Crippen molar-refractivity contribution in [2.45, 2.75) is 25.8 Å². The molecule has 0 bridgehead atoms. The molecule has 0 aliphatic carbocycles. The summed E-state index contributed by atoms with van der Waals surface area (Å²) in [6, 6.07) is 10.2. The van der Waals surface area contributed by atoms with Crippen LogP contribution >= 0.6 is 0 Å². The lowest BCUT2D eigenvalue weighted by Gasteiger charge is -2.41. The summed E-state index contributed by atoms with van der Waals surface area (Å²) in [5.74, 6) is 1.00. The van der Waals surface area contributed by atoms with Crippen molar-refractivity contribution in [2.75, 3.05) is 59.4 Å². The molecule has 2 fully saturated rings. The second-order valence-corrected chi connectivity index (χ2v) is 7.73. The van der Waals surface area contributed by atoms with Crippen LogP contribution in [0.15, 0.2) is 30.3 Å². The van der Waals surface area contributed by atoms with Crippen molar-refractivity contribution >= 4 is 5.91 Å². The first-order valence-electron chi connectivity index (χ1n) is 10.2. The maximum atomic E-state index is 13.5. The minimum atomic E-state index is -0.129. The van der Waals surface area contributed by atoms with Crippen LogP contribution in [0.2, 0.25) is 0 Å². The van der Waals surface area contributed by atoms with Gasteiger partial charge in [0.2, 0.25) is 5.91 Å². The normalized spacial score (nSPS) is 21.7. The number of piperazine rings is 1. The molecule has 2 saturated heterocycles. The van der Waals surface area contributed by atoms with Gasteiger partial charge < -0.3 is 15.1 Å². The quantitative estimate of drug-likeness (QED) is 0.842. The van der Waals surface area contributed by atoms with Crippen LogP contribution < -0.4 is 5.32 Å². The molecule has 2 aliphatic rings. The topological polar surface area (TPSA) is 38.8 Å². The molecule has 0 spiro atoms. The Morgan fingerprint density at radius 1 is 1.08 bits per heavy atom. The van der Waals surface area contributed by atoms with Crippen LogP contribution in [0.4, 0.5) is 0 Å². The Morgan fingerprint density at radius 3 is 2.35 bits per heavy atom. The van der Waals surface area contributed by atoms with Gasteiger partial charge in [-0.05, 0) is 44.5 Å². The minimum absolute atomic E-state index is 0.129. The Balaban J connectivity index is 1.68. The number of benzene rings is 1. The van der Waals surface area contributed by atoms with Crippen molar-refractivity contribution in [2.24, 2.45) is 5.92 Å². The Hall–Kier alpha value is -1.43. The summed E-state index contributed by atoms with van der Waals surface area (Å²) in [7, 11) is 2.16. The number of likely N-dealkylation sites (tertiary alicyclic amines) is 1. The van der Waals surface area contributed by atoms with Crippen LogP contribution in [0, 0.1) is 5.92 Å². The summed E-state index contributed by atoms with van der Waals surface area (Å²) in [5.41, 5.74) is 1.14. The lowest BCUT2D eigenvalue weighted by Crippen LogP contribution is -2.52. The Kier molecular flexibility index (Phi) is 7.06. The highest BCUT2D eigenvalue weighted by atomic mass is 16.2. The summed E-state index contributed by atoms with van der Waals surface area (Å²) in [4.78, 5) is 20.3. The third-order valence-electron chi connectivity index (χ3n) is 5.86. The fraction of sp³-hybridized carbons (Fsp3) is 0.667. The molecule has 2 heterocycles. The van der Waals surface area contributed by atoms with E-state index in [1.807, 2.05) is 18.2 Å². The van der Waals surface area contributed by atoms with Gasteiger partial charge in [0.1, 0.15) is 6.04 Å². The van der Waals surface area contributed by atoms with Crippen molar-refractivity contribution in [3.8, 4) is 0 Å². The molecule has 2 aliphatic heterocycles. The Bertz CT molecular complexity index is 548. The summed E-state index contributed by atoms with van der Waals surface area (Å²) in [6.07, 6.45) is 2.23. The van der Waals surface area contributed by atoms with Crippen LogP contribution in [-0.2, 0) is 4.79 Å². The fourth-order valence-corrected chi connectivity index (χ4v) is 4.10. The van der Waals surface area contributed by atoms with Gasteiger partial charge in [0.15, 0.2) is 0 Å². The van der Waals surface area contributed by atoms with Crippen LogP contribution in [0.5, 0.6) is 0 Å². The van der Waals surface area contributed by atoms with E-state index in [4.69, 9.17) is 0 Å².